The maximum absolute atomic E-state index is 13.3. The molecule has 1 aromatic heterocycles. The molecule has 4 rings (SSSR count). The van der Waals surface area contributed by atoms with Crippen molar-refractivity contribution in [3.63, 3.8) is 0 Å². The third-order valence-electron chi connectivity index (χ3n) is 5.59. The first-order valence-corrected chi connectivity index (χ1v) is 11.6. The van der Waals surface area contributed by atoms with Crippen molar-refractivity contribution in [3.8, 4) is 39.2 Å². The van der Waals surface area contributed by atoms with E-state index in [2.05, 4.69) is 18.2 Å². The highest BCUT2D eigenvalue weighted by Crippen LogP contribution is 2.42. The smallest absolute Gasteiger partial charge is 0.203 e. The second-order valence-corrected chi connectivity index (χ2v) is 8.64. The molecule has 0 unspecified atom stereocenters. The zero-order valence-electron chi connectivity index (χ0n) is 20.2. The quantitative estimate of drug-likeness (QED) is 0.197. The topological polar surface area (TPSA) is 63.2 Å². The third kappa shape index (κ3) is 4.81. The molecule has 6 nitrogen and oxygen atoms in total. The lowest BCUT2D eigenvalue weighted by Crippen LogP contribution is -2.01. The van der Waals surface area contributed by atoms with Gasteiger partial charge in [-0.3, -0.25) is 4.79 Å². The summed E-state index contributed by atoms with van der Waals surface area (Å²) in [4.78, 5) is 14.3. The Bertz CT molecular complexity index is 1340. The van der Waals surface area contributed by atoms with Gasteiger partial charge >= 0.3 is 0 Å². The first kappa shape index (κ1) is 24.2. The number of carbonyl (C=O) groups is 1. The number of hydrogen-bond acceptors (Lipinski definition) is 7. The summed E-state index contributed by atoms with van der Waals surface area (Å²) in [6.07, 6.45) is 3.20. The van der Waals surface area contributed by atoms with Crippen LogP contribution < -0.4 is 23.7 Å². The van der Waals surface area contributed by atoms with E-state index in [0.29, 0.717) is 34.3 Å². The Morgan fingerprint density at radius 3 is 2.00 bits per heavy atom. The van der Waals surface area contributed by atoms with Crippen molar-refractivity contribution in [2.24, 2.45) is 0 Å². The molecule has 4 aromatic rings. The molecule has 3 aromatic carbocycles. The second-order valence-electron chi connectivity index (χ2n) is 7.56. The molecule has 1 heterocycles. The van der Waals surface area contributed by atoms with Crippen molar-refractivity contribution < 1.29 is 28.5 Å². The molecule has 0 bridgehead atoms. The fourth-order valence-corrected chi connectivity index (χ4v) is 4.94. The molecule has 0 aliphatic heterocycles. The maximum atomic E-state index is 13.3. The summed E-state index contributed by atoms with van der Waals surface area (Å²) >= 11 is 1.65. The van der Waals surface area contributed by atoms with Crippen LogP contribution in [0.5, 0.6) is 28.7 Å². The lowest BCUT2D eigenvalue weighted by molar-refractivity contribution is 0.104. The van der Waals surface area contributed by atoms with E-state index < -0.39 is 0 Å². The number of carbonyl (C=O) groups excluding carboxylic acids is 1. The van der Waals surface area contributed by atoms with Gasteiger partial charge in [0.1, 0.15) is 11.5 Å². The molecule has 0 aliphatic carbocycles. The van der Waals surface area contributed by atoms with Gasteiger partial charge in [-0.25, -0.2) is 0 Å². The first-order valence-electron chi connectivity index (χ1n) is 10.8. The molecule has 35 heavy (non-hydrogen) atoms. The molecule has 0 atom stereocenters. The lowest BCUT2D eigenvalue weighted by Gasteiger charge is -2.13. The van der Waals surface area contributed by atoms with Gasteiger partial charge in [-0.2, -0.15) is 0 Å². The minimum Gasteiger partial charge on any atom is -0.496 e. The highest BCUT2D eigenvalue weighted by Gasteiger charge is 2.19. The molecular weight excluding hydrogens is 464 g/mol. The van der Waals surface area contributed by atoms with Crippen LogP contribution in [0.4, 0.5) is 0 Å². The van der Waals surface area contributed by atoms with E-state index in [1.54, 1.807) is 64.1 Å². The summed E-state index contributed by atoms with van der Waals surface area (Å²) in [5, 5.41) is 1.14. The molecule has 0 saturated carbocycles. The van der Waals surface area contributed by atoms with Gasteiger partial charge in [0.2, 0.25) is 5.75 Å². The molecule has 0 saturated heterocycles. The van der Waals surface area contributed by atoms with Crippen molar-refractivity contribution in [1.29, 1.82) is 0 Å². The molecule has 7 heteroatoms. The molecule has 0 aliphatic rings. The Morgan fingerprint density at radius 1 is 0.743 bits per heavy atom. The Balaban J connectivity index is 1.74. The highest BCUT2D eigenvalue weighted by molar-refractivity contribution is 7.22. The van der Waals surface area contributed by atoms with Crippen LogP contribution in [0, 0.1) is 0 Å². The number of allylic oxidation sites excluding steroid dienone is 1. The lowest BCUT2D eigenvalue weighted by atomic mass is 10.0. The summed E-state index contributed by atoms with van der Waals surface area (Å²) in [6, 6.07) is 17.4. The van der Waals surface area contributed by atoms with Crippen LogP contribution in [-0.4, -0.2) is 41.3 Å². The van der Waals surface area contributed by atoms with Gasteiger partial charge in [-0.05, 0) is 47.4 Å². The zero-order valence-corrected chi connectivity index (χ0v) is 21.0. The van der Waals surface area contributed by atoms with Gasteiger partial charge in [0.05, 0.1) is 41.1 Å². The number of methoxy groups -OCH3 is 5. The van der Waals surface area contributed by atoms with Gasteiger partial charge in [-0.1, -0.05) is 24.3 Å². The molecule has 180 valence electrons. The SMILES string of the molecule is COc1cc(OC)c(-c2cc3ccccc3s2)cc1C(=O)C=Cc1cc(OC)c(OC)c(OC)c1. The number of hydrogen-bond donors (Lipinski definition) is 0. The van der Waals surface area contributed by atoms with Crippen LogP contribution in [-0.2, 0) is 0 Å². The fraction of sp³-hybridized carbons (Fsp3) is 0.179. The average molecular weight is 491 g/mol. The van der Waals surface area contributed by atoms with Gasteiger partial charge < -0.3 is 23.7 Å². The highest BCUT2D eigenvalue weighted by atomic mass is 32.1. The maximum Gasteiger partial charge on any atom is 0.203 e. The van der Waals surface area contributed by atoms with Crippen molar-refractivity contribution in [1.82, 2.24) is 0 Å². The van der Waals surface area contributed by atoms with Crippen molar-refractivity contribution in [3.05, 3.63) is 71.8 Å². The van der Waals surface area contributed by atoms with E-state index in [1.165, 1.54) is 13.2 Å². The van der Waals surface area contributed by atoms with Crippen LogP contribution >= 0.6 is 11.3 Å². The average Bonchev–Trinajstić information content (AvgIpc) is 3.34. The Kier molecular flexibility index (Phi) is 7.27. The van der Waals surface area contributed by atoms with Crippen LogP contribution in [0.15, 0.2) is 60.7 Å². The third-order valence-corrected chi connectivity index (χ3v) is 6.74. The zero-order chi connectivity index (χ0) is 24.9. The van der Waals surface area contributed by atoms with Crippen LogP contribution in [0.1, 0.15) is 15.9 Å². The molecule has 0 spiro atoms. The summed E-state index contributed by atoms with van der Waals surface area (Å²) in [7, 11) is 7.79. The van der Waals surface area contributed by atoms with E-state index in [1.807, 2.05) is 18.2 Å². The number of ketones is 1. The summed E-state index contributed by atoms with van der Waals surface area (Å²) in [5.74, 6) is 2.37. The number of ether oxygens (including phenoxy) is 5. The standard InChI is InChI=1S/C28H26O6S/c1-30-22-16-23(31-2)20(27-14-18-8-6-7-9-26(18)35-27)15-19(22)21(29)11-10-17-12-24(32-3)28(34-5)25(13-17)33-4/h6-16H,1-5H3. The summed E-state index contributed by atoms with van der Waals surface area (Å²) in [6.45, 7) is 0. The van der Waals surface area contributed by atoms with E-state index in [9.17, 15) is 4.79 Å². The molecule has 0 fully saturated rings. The van der Waals surface area contributed by atoms with E-state index >= 15 is 0 Å². The first-order chi connectivity index (χ1) is 17.0. The van der Waals surface area contributed by atoms with Crippen LogP contribution in [0.2, 0.25) is 0 Å². The number of benzene rings is 3. The van der Waals surface area contributed by atoms with Gasteiger partial charge in [0, 0.05) is 21.2 Å². The predicted molar refractivity (Wildman–Crippen MR) is 140 cm³/mol. The molecular formula is C28H26O6S. The fourth-order valence-electron chi connectivity index (χ4n) is 3.86. The van der Waals surface area contributed by atoms with Crippen molar-refractivity contribution in [2.45, 2.75) is 0 Å². The van der Waals surface area contributed by atoms with Crippen LogP contribution in [0.3, 0.4) is 0 Å². The largest absolute Gasteiger partial charge is 0.496 e. The van der Waals surface area contributed by atoms with Crippen LogP contribution in [0.25, 0.3) is 26.6 Å². The second kappa shape index (κ2) is 10.5. The van der Waals surface area contributed by atoms with E-state index in [-0.39, 0.29) is 5.78 Å². The Labute approximate surface area is 208 Å². The predicted octanol–water partition coefficient (Wildman–Crippen LogP) is 6.51. The van der Waals surface area contributed by atoms with E-state index in [4.69, 9.17) is 23.7 Å². The molecule has 0 amide bonds. The monoisotopic (exact) mass is 490 g/mol. The minimum atomic E-state index is -0.208. The minimum absolute atomic E-state index is 0.208. The number of thiophene rings is 1. The van der Waals surface area contributed by atoms with Gasteiger partial charge in [0.15, 0.2) is 17.3 Å². The Hall–Kier alpha value is -3.97. The van der Waals surface area contributed by atoms with Gasteiger partial charge in [0.25, 0.3) is 0 Å². The molecule has 0 N–H and O–H groups in total. The summed E-state index contributed by atoms with van der Waals surface area (Å²) < 4.78 is 28.5. The van der Waals surface area contributed by atoms with Crippen molar-refractivity contribution in [2.75, 3.05) is 35.5 Å². The number of fused-ring (bicyclic) bond motifs is 1. The van der Waals surface area contributed by atoms with Crippen molar-refractivity contribution >= 4 is 33.3 Å². The van der Waals surface area contributed by atoms with E-state index in [0.717, 1.165) is 26.1 Å². The van der Waals surface area contributed by atoms with Gasteiger partial charge in [-0.15, -0.1) is 11.3 Å². The Morgan fingerprint density at radius 2 is 1.40 bits per heavy atom. The summed E-state index contributed by atoms with van der Waals surface area (Å²) in [5.41, 5.74) is 1.99. The normalized spacial score (nSPS) is 11.0. The molecule has 0 radical (unpaired) electrons. The number of rotatable bonds is 9.